The molecule has 3 heteroatoms. The topological polar surface area (TPSA) is 46.5 Å². The number of ether oxygens (including phenoxy) is 1. The lowest BCUT2D eigenvalue weighted by Crippen LogP contribution is -2.53. The average Bonchev–Trinajstić information content (AvgIpc) is 2.36. The Morgan fingerprint density at radius 1 is 1.10 bits per heavy atom. The minimum absolute atomic E-state index is 0.00806. The van der Waals surface area contributed by atoms with E-state index in [1.807, 2.05) is 6.07 Å². The molecule has 0 aliphatic heterocycles. The predicted molar refractivity (Wildman–Crippen MR) is 74.9 cm³/mol. The van der Waals surface area contributed by atoms with Gasteiger partial charge in [-0.1, -0.05) is 6.07 Å². The van der Waals surface area contributed by atoms with Crippen molar-refractivity contribution < 1.29 is 14.6 Å². The van der Waals surface area contributed by atoms with Crippen molar-refractivity contribution in [2.75, 3.05) is 0 Å². The van der Waals surface area contributed by atoms with Crippen LogP contribution in [-0.4, -0.2) is 16.7 Å². The van der Waals surface area contributed by atoms with E-state index in [-0.39, 0.29) is 5.60 Å². The zero-order valence-electron chi connectivity index (χ0n) is 11.5. The van der Waals surface area contributed by atoms with Crippen LogP contribution in [0.2, 0.25) is 0 Å². The predicted octanol–water partition coefficient (Wildman–Crippen LogP) is 3.73. The van der Waals surface area contributed by atoms with E-state index in [1.54, 1.807) is 18.2 Å². The van der Waals surface area contributed by atoms with Gasteiger partial charge in [0.1, 0.15) is 11.4 Å². The third-order valence-corrected chi connectivity index (χ3v) is 5.40. The van der Waals surface area contributed by atoms with E-state index < -0.39 is 5.97 Å². The molecular formula is C17H20O3. The van der Waals surface area contributed by atoms with Crippen molar-refractivity contribution in [1.29, 1.82) is 0 Å². The van der Waals surface area contributed by atoms with E-state index in [0.717, 1.165) is 42.8 Å². The van der Waals surface area contributed by atoms with Crippen molar-refractivity contribution >= 4 is 5.97 Å². The number of hydrogen-bond acceptors (Lipinski definition) is 2. The maximum atomic E-state index is 11.1. The van der Waals surface area contributed by atoms with E-state index in [0.29, 0.717) is 5.56 Å². The highest BCUT2D eigenvalue weighted by Gasteiger charge is 2.52. The van der Waals surface area contributed by atoms with Crippen LogP contribution in [0.25, 0.3) is 0 Å². The summed E-state index contributed by atoms with van der Waals surface area (Å²) in [5.74, 6) is 2.35. The van der Waals surface area contributed by atoms with Crippen LogP contribution in [0.4, 0.5) is 0 Å². The lowest BCUT2D eigenvalue weighted by Gasteiger charge is -2.56. The van der Waals surface area contributed by atoms with Gasteiger partial charge in [-0.2, -0.15) is 0 Å². The molecule has 0 atom stereocenters. The van der Waals surface area contributed by atoms with Crippen molar-refractivity contribution in [2.45, 2.75) is 44.1 Å². The second-order valence-electron chi connectivity index (χ2n) is 7.04. The van der Waals surface area contributed by atoms with Crippen molar-refractivity contribution in [2.24, 2.45) is 17.8 Å². The second kappa shape index (κ2) is 4.24. The van der Waals surface area contributed by atoms with Gasteiger partial charge < -0.3 is 9.84 Å². The van der Waals surface area contributed by atoms with E-state index in [9.17, 15) is 4.79 Å². The Balaban J connectivity index is 1.59. The highest BCUT2D eigenvalue weighted by Crippen LogP contribution is 2.57. The Kier molecular flexibility index (Phi) is 2.60. The van der Waals surface area contributed by atoms with Gasteiger partial charge in [0.2, 0.25) is 0 Å². The fraction of sp³-hybridized carbons (Fsp3) is 0.588. The molecule has 0 heterocycles. The van der Waals surface area contributed by atoms with Crippen molar-refractivity contribution in [3.63, 3.8) is 0 Å². The fourth-order valence-electron chi connectivity index (χ4n) is 5.10. The molecule has 4 bridgehead atoms. The van der Waals surface area contributed by atoms with Crippen LogP contribution < -0.4 is 4.74 Å². The molecule has 4 aliphatic rings. The highest BCUT2D eigenvalue weighted by molar-refractivity contribution is 5.88. The summed E-state index contributed by atoms with van der Waals surface area (Å²) in [5.41, 5.74) is 0.304. The highest BCUT2D eigenvalue weighted by atomic mass is 16.5. The van der Waals surface area contributed by atoms with E-state index in [1.165, 1.54) is 19.3 Å². The minimum Gasteiger partial charge on any atom is -0.487 e. The molecule has 0 saturated heterocycles. The van der Waals surface area contributed by atoms with Crippen LogP contribution in [0.1, 0.15) is 48.9 Å². The van der Waals surface area contributed by atoms with E-state index >= 15 is 0 Å². The zero-order valence-corrected chi connectivity index (χ0v) is 11.5. The van der Waals surface area contributed by atoms with Gasteiger partial charge in [0.05, 0.1) is 5.56 Å². The lowest BCUT2D eigenvalue weighted by molar-refractivity contribution is -0.107. The summed E-state index contributed by atoms with van der Waals surface area (Å²) in [6, 6.07) is 6.96. The molecule has 106 valence electrons. The van der Waals surface area contributed by atoms with Gasteiger partial charge >= 0.3 is 5.97 Å². The monoisotopic (exact) mass is 272 g/mol. The standard InChI is InChI=1S/C17H20O3/c18-16(19)14-2-1-3-15(7-14)20-17-8-11-4-12(9-17)6-13(5-11)10-17/h1-3,7,11-13H,4-6,8-10H2,(H,18,19). The summed E-state index contributed by atoms with van der Waals surface area (Å²) in [6.07, 6.45) is 7.65. The molecule has 0 radical (unpaired) electrons. The summed E-state index contributed by atoms with van der Waals surface area (Å²) < 4.78 is 6.34. The van der Waals surface area contributed by atoms with Gasteiger partial charge in [-0.15, -0.1) is 0 Å². The van der Waals surface area contributed by atoms with Crippen LogP contribution in [0.5, 0.6) is 5.75 Å². The summed E-state index contributed by atoms with van der Waals surface area (Å²) in [6.45, 7) is 0. The van der Waals surface area contributed by atoms with Crippen molar-refractivity contribution in [3.05, 3.63) is 29.8 Å². The zero-order chi connectivity index (χ0) is 13.7. The molecule has 0 aromatic heterocycles. The molecule has 3 nitrogen and oxygen atoms in total. The smallest absolute Gasteiger partial charge is 0.335 e. The minimum atomic E-state index is -0.888. The Hall–Kier alpha value is -1.51. The molecule has 4 fully saturated rings. The van der Waals surface area contributed by atoms with Crippen LogP contribution in [0.3, 0.4) is 0 Å². The molecule has 20 heavy (non-hydrogen) atoms. The molecule has 1 aromatic carbocycles. The fourth-order valence-corrected chi connectivity index (χ4v) is 5.10. The van der Waals surface area contributed by atoms with E-state index in [4.69, 9.17) is 9.84 Å². The lowest BCUT2D eigenvalue weighted by atomic mass is 9.54. The Morgan fingerprint density at radius 2 is 1.70 bits per heavy atom. The number of carbonyl (C=O) groups is 1. The number of benzene rings is 1. The quantitative estimate of drug-likeness (QED) is 0.912. The Bertz CT molecular complexity index is 514. The number of rotatable bonds is 3. The van der Waals surface area contributed by atoms with Crippen LogP contribution in [0, 0.1) is 17.8 Å². The Morgan fingerprint density at radius 3 is 2.25 bits per heavy atom. The molecule has 0 unspecified atom stereocenters. The van der Waals surface area contributed by atoms with Crippen molar-refractivity contribution in [1.82, 2.24) is 0 Å². The van der Waals surface area contributed by atoms with Gasteiger partial charge in [0.15, 0.2) is 0 Å². The molecule has 1 aromatic rings. The van der Waals surface area contributed by atoms with Gasteiger partial charge in [-0.25, -0.2) is 4.79 Å². The summed E-state index contributed by atoms with van der Waals surface area (Å²) in [4.78, 5) is 11.1. The maximum Gasteiger partial charge on any atom is 0.335 e. The van der Waals surface area contributed by atoms with E-state index in [2.05, 4.69) is 0 Å². The number of carboxylic acids is 1. The number of hydrogen-bond donors (Lipinski definition) is 1. The first-order valence-electron chi connectivity index (χ1n) is 7.64. The molecule has 5 rings (SSSR count). The van der Waals surface area contributed by atoms with Crippen LogP contribution >= 0.6 is 0 Å². The maximum absolute atomic E-state index is 11.1. The SMILES string of the molecule is O=C(O)c1cccc(OC23CC4CC(CC(C4)C2)C3)c1. The summed E-state index contributed by atoms with van der Waals surface area (Å²) in [7, 11) is 0. The summed E-state index contributed by atoms with van der Waals surface area (Å²) >= 11 is 0. The normalized spacial score (nSPS) is 37.9. The van der Waals surface area contributed by atoms with Gasteiger partial charge in [0.25, 0.3) is 0 Å². The summed E-state index contributed by atoms with van der Waals surface area (Å²) in [5, 5.41) is 9.08. The first-order valence-corrected chi connectivity index (χ1v) is 7.64. The Labute approximate surface area is 118 Å². The first kappa shape index (κ1) is 12.2. The molecular weight excluding hydrogens is 252 g/mol. The first-order chi connectivity index (χ1) is 9.62. The molecule has 0 spiro atoms. The molecule has 1 N–H and O–H groups in total. The molecule has 4 saturated carbocycles. The third kappa shape index (κ3) is 2.00. The van der Waals surface area contributed by atoms with Crippen molar-refractivity contribution in [3.8, 4) is 5.75 Å². The number of carboxylic acid groups (broad SMARTS) is 1. The number of aromatic carboxylic acids is 1. The van der Waals surface area contributed by atoms with Crippen LogP contribution in [0.15, 0.2) is 24.3 Å². The van der Waals surface area contributed by atoms with Gasteiger partial charge in [-0.05, 0) is 74.5 Å². The molecule has 4 aliphatic carbocycles. The van der Waals surface area contributed by atoms with Gasteiger partial charge in [0, 0.05) is 0 Å². The van der Waals surface area contributed by atoms with Gasteiger partial charge in [-0.3, -0.25) is 0 Å². The average molecular weight is 272 g/mol. The third-order valence-electron chi connectivity index (χ3n) is 5.40. The second-order valence-corrected chi connectivity index (χ2v) is 7.04. The molecule has 0 amide bonds. The largest absolute Gasteiger partial charge is 0.487 e. The van der Waals surface area contributed by atoms with Crippen LogP contribution in [-0.2, 0) is 0 Å².